The number of carbonyl (C=O) groups excluding carboxylic acids is 1. The van der Waals surface area contributed by atoms with Crippen molar-refractivity contribution in [3.05, 3.63) is 65.1 Å². The Bertz CT molecular complexity index is 831. The lowest BCUT2D eigenvalue weighted by Crippen LogP contribution is -2.28. The molecular weight excluding hydrogens is 344 g/mol. The number of rotatable bonds is 6. The van der Waals surface area contributed by atoms with Crippen molar-refractivity contribution in [2.24, 2.45) is 4.99 Å². The van der Waals surface area contributed by atoms with E-state index in [1.54, 1.807) is 4.90 Å². The maximum Gasteiger partial charge on any atom is 0.266 e. The van der Waals surface area contributed by atoms with Gasteiger partial charge in [-0.05, 0) is 49.4 Å². The van der Waals surface area contributed by atoms with Crippen molar-refractivity contribution in [3.63, 3.8) is 0 Å². The molecule has 0 bridgehead atoms. The normalized spacial score (nSPS) is 17.3. The van der Waals surface area contributed by atoms with Crippen LogP contribution in [0, 0.1) is 0 Å². The standard InChI is InChI=1S/C21H22N2O2S/c1-3-14-25-18-13-9-8-10-16(18)15-19-20(24)23(4-2)21(26-19)22-17-11-6-5-7-12-17/h5-13,15H,3-4,14H2,1-2H3/b19-15+,22-21?. The van der Waals surface area contributed by atoms with E-state index in [2.05, 4.69) is 11.9 Å². The van der Waals surface area contributed by atoms with Gasteiger partial charge in [-0.1, -0.05) is 43.3 Å². The number of amidine groups is 1. The van der Waals surface area contributed by atoms with Crippen molar-refractivity contribution in [1.29, 1.82) is 0 Å². The lowest BCUT2D eigenvalue weighted by atomic mass is 10.2. The Morgan fingerprint density at radius 1 is 1.08 bits per heavy atom. The molecule has 1 saturated heterocycles. The Balaban J connectivity index is 1.91. The third-order valence-corrected chi connectivity index (χ3v) is 4.86. The van der Waals surface area contributed by atoms with E-state index >= 15 is 0 Å². The van der Waals surface area contributed by atoms with Gasteiger partial charge in [0.1, 0.15) is 5.75 Å². The van der Waals surface area contributed by atoms with E-state index in [1.165, 1.54) is 11.8 Å². The Labute approximate surface area is 158 Å². The van der Waals surface area contributed by atoms with Crippen LogP contribution in [0.5, 0.6) is 5.75 Å². The van der Waals surface area contributed by atoms with Crippen molar-refractivity contribution >= 4 is 34.6 Å². The first-order valence-electron chi connectivity index (χ1n) is 8.80. The highest BCUT2D eigenvalue weighted by molar-refractivity contribution is 8.18. The molecule has 2 aromatic carbocycles. The van der Waals surface area contributed by atoms with E-state index in [0.29, 0.717) is 23.2 Å². The third kappa shape index (κ3) is 4.17. The van der Waals surface area contributed by atoms with E-state index in [0.717, 1.165) is 23.4 Å². The fraction of sp³-hybridized carbons (Fsp3) is 0.238. The van der Waals surface area contributed by atoms with Crippen LogP contribution in [0.15, 0.2) is 64.5 Å². The van der Waals surface area contributed by atoms with Gasteiger partial charge in [-0.15, -0.1) is 0 Å². The maximum atomic E-state index is 12.8. The molecule has 26 heavy (non-hydrogen) atoms. The van der Waals surface area contributed by atoms with Gasteiger partial charge in [0.2, 0.25) is 0 Å². The van der Waals surface area contributed by atoms with Gasteiger partial charge in [0.15, 0.2) is 5.17 Å². The molecule has 1 fully saturated rings. The zero-order chi connectivity index (χ0) is 18.4. The van der Waals surface area contributed by atoms with Gasteiger partial charge in [-0.2, -0.15) is 0 Å². The second-order valence-corrected chi connectivity index (χ2v) is 6.79. The van der Waals surface area contributed by atoms with Crippen LogP contribution in [0.25, 0.3) is 6.08 Å². The van der Waals surface area contributed by atoms with E-state index in [-0.39, 0.29) is 5.91 Å². The molecule has 134 valence electrons. The second kappa shape index (κ2) is 8.72. The van der Waals surface area contributed by atoms with E-state index in [9.17, 15) is 4.79 Å². The van der Waals surface area contributed by atoms with Crippen molar-refractivity contribution in [1.82, 2.24) is 4.90 Å². The highest BCUT2D eigenvalue weighted by Gasteiger charge is 2.32. The summed E-state index contributed by atoms with van der Waals surface area (Å²) in [7, 11) is 0. The fourth-order valence-electron chi connectivity index (χ4n) is 2.57. The summed E-state index contributed by atoms with van der Waals surface area (Å²) in [6, 6.07) is 17.5. The van der Waals surface area contributed by atoms with Crippen LogP contribution in [0.2, 0.25) is 0 Å². The molecule has 0 spiro atoms. The number of thioether (sulfide) groups is 1. The summed E-state index contributed by atoms with van der Waals surface area (Å²) in [5.74, 6) is 0.782. The Hall–Kier alpha value is -2.53. The molecule has 0 aromatic heterocycles. The van der Waals surface area contributed by atoms with Crippen molar-refractivity contribution in [2.45, 2.75) is 20.3 Å². The smallest absolute Gasteiger partial charge is 0.266 e. The summed E-state index contributed by atoms with van der Waals surface area (Å²) in [6.45, 7) is 5.27. The number of para-hydroxylation sites is 2. The van der Waals surface area contributed by atoms with Crippen LogP contribution in [0.4, 0.5) is 5.69 Å². The second-order valence-electron chi connectivity index (χ2n) is 5.78. The van der Waals surface area contributed by atoms with E-state index < -0.39 is 0 Å². The minimum Gasteiger partial charge on any atom is -0.493 e. The van der Waals surface area contributed by atoms with E-state index in [4.69, 9.17) is 4.74 Å². The van der Waals surface area contributed by atoms with Crippen LogP contribution < -0.4 is 4.74 Å². The summed E-state index contributed by atoms with van der Waals surface area (Å²) in [5.41, 5.74) is 1.75. The zero-order valence-electron chi connectivity index (χ0n) is 15.0. The van der Waals surface area contributed by atoms with Gasteiger partial charge in [-0.25, -0.2) is 4.99 Å². The lowest BCUT2D eigenvalue weighted by Gasteiger charge is -2.12. The molecule has 0 radical (unpaired) electrons. The molecular formula is C21H22N2O2S. The first kappa shape index (κ1) is 18.3. The topological polar surface area (TPSA) is 41.9 Å². The minimum atomic E-state index is -0.0162. The molecule has 5 heteroatoms. The largest absolute Gasteiger partial charge is 0.493 e. The van der Waals surface area contributed by atoms with Crippen molar-refractivity contribution in [3.8, 4) is 5.75 Å². The van der Waals surface area contributed by atoms with Crippen LogP contribution in [-0.2, 0) is 4.79 Å². The Morgan fingerprint density at radius 2 is 1.81 bits per heavy atom. The number of likely N-dealkylation sites (N-methyl/N-ethyl adjacent to an activating group) is 1. The molecule has 0 unspecified atom stereocenters. The molecule has 0 atom stereocenters. The summed E-state index contributed by atoms with van der Waals surface area (Å²) in [5, 5.41) is 0.710. The number of benzene rings is 2. The molecule has 1 aliphatic rings. The highest BCUT2D eigenvalue weighted by atomic mass is 32.2. The summed E-state index contributed by atoms with van der Waals surface area (Å²) in [4.78, 5) is 19.8. The summed E-state index contributed by atoms with van der Waals surface area (Å²) in [6.07, 6.45) is 2.84. The Kier molecular flexibility index (Phi) is 6.12. The zero-order valence-corrected chi connectivity index (χ0v) is 15.8. The highest BCUT2D eigenvalue weighted by Crippen LogP contribution is 2.35. The maximum absolute atomic E-state index is 12.8. The third-order valence-electron chi connectivity index (χ3n) is 3.85. The van der Waals surface area contributed by atoms with Gasteiger partial charge in [0.25, 0.3) is 5.91 Å². The van der Waals surface area contributed by atoms with Crippen LogP contribution in [-0.4, -0.2) is 29.1 Å². The number of carbonyl (C=O) groups is 1. The average Bonchev–Trinajstić information content (AvgIpc) is 2.96. The molecule has 0 aliphatic carbocycles. The van der Waals surface area contributed by atoms with Crippen molar-refractivity contribution in [2.75, 3.05) is 13.2 Å². The Morgan fingerprint density at radius 3 is 2.54 bits per heavy atom. The first-order chi connectivity index (χ1) is 12.7. The van der Waals surface area contributed by atoms with Gasteiger partial charge < -0.3 is 4.74 Å². The molecule has 2 aromatic rings. The summed E-state index contributed by atoms with van der Waals surface area (Å²) >= 11 is 1.41. The first-order valence-corrected chi connectivity index (χ1v) is 9.61. The number of aliphatic imine (C=N–C) groups is 1. The number of hydrogen-bond acceptors (Lipinski definition) is 4. The van der Waals surface area contributed by atoms with Crippen LogP contribution >= 0.6 is 11.8 Å². The molecule has 4 nitrogen and oxygen atoms in total. The SMILES string of the molecule is CCCOc1ccccc1/C=C1/SC(=Nc2ccccc2)N(CC)C1=O. The van der Waals surface area contributed by atoms with Crippen LogP contribution in [0.3, 0.4) is 0 Å². The molecule has 3 rings (SSSR count). The average molecular weight is 366 g/mol. The van der Waals surface area contributed by atoms with Crippen LogP contribution in [0.1, 0.15) is 25.8 Å². The van der Waals surface area contributed by atoms with E-state index in [1.807, 2.05) is 67.6 Å². The lowest BCUT2D eigenvalue weighted by molar-refractivity contribution is -0.122. The number of ether oxygens (including phenoxy) is 1. The van der Waals surface area contributed by atoms with Crippen molar-refractivity contribution < 1.29 is 9.53 Å². The number of nitrogens with zero attached hydrogens (tertiary/aromatic N) is 2. The number of hydrogen-bond donors (Lipinski definition) is 0. The number of amides is 1. The van der Waals surface area contributed by atoms with Gasteiger partial charge in [-0.3, -0.25) is 9.69 Å². The predicted molar refractivity (Wildman–Crippen MR) is 109 cm³/mol. The molecule has 1 aliphatic heterocycles. The molecule has 0 N–H and O–H groups in total. The predicted octanol–water partition coefficient (Wildman–Crippen LogP) is 5.10. The molecule has 1 heterocycles. The fourth-order valence-corrected chi connectivity index (χ4v) is 3.62. The molecule has 0 saturated carbocycles. The molecule has 1 amide bonds. The summed E-state index contributed by atoms with van der Waals surface area (Å²) < 4.78 is 5.80. The minimum absolute atomic E-state index is 0.0162. The van der Waals surface area contributed by atoms with Gasteiger partial charge in [0.05, 0.1) is 17.2 Å². The van der Waals surface area contributed by atoms with Gasteiger partial charge in [0, 0.05) is 12.1 Å². The van der Waals surface area contributed by atoms with Gasteiger partial charge >= 0.3 is 0 Å². The quantitative estimate of drug-likeness (QED) is 0.668. The monoisotopic (exact) mass is 366 g/mol.